The Hall–Kier alpha value is -0.740. The first-order chi connectivity index (χ1) is 7.27. The van der Waals surface area contributed by atoms with E-state index in [2.05, 4.69) is 28.7 Å². The molecule has 0 aliphatic rings. The number of fused-ring (bicyclic) bond motifs is 3. The van der Waals surface area contributed by atoms with Crippen molar-refractivity contribution in [1.29, 1.82) is 0 Å². The van der Waals surface area contributed by atoms with Gasteiger partial charge in [-0.25, -0.2) is 0 Å². The van der Waals surface area contributed by atoms with Crippen LogP contribution < -0.4 is 0 Å². The Morgan fingerprint density at radius 1 is 1.07 bits per heavy atom. The average molecular weight is 329 g/mol. The molecule has 0 bridgehead atoms. The molecule has 0 radical (unpaired) electrons. The van der Waals surface area contributed by atoms with Crippen LogP contribution in [0, 0.1) is 3.57 Å². The van der Waals surface area contributed by atoms with Gasteiger partial charge in [0.2, 0.25) is 0 Å². The van der Waals surface area contributed by atoms with E-state index in [4.69, 9.17) is 16.0 Å². The first kappa shape index (κ1) is 9.48. The molecule has 1 aromatic heterocycles. The van der Waals surface area contributed by atoms with Gasteiger partial charge in [0.25, 0.3) is 0 Å². The first-order valence-corrected chi connectivity index (χ1v) is 5.98. The summed E-state index contributed by atoms with van der Waals surface area (Å²) in [5.74, 6) is 0. The standard InChI is InChI=1S/C12H6ClIO/c13-8-4-1-3-7-11-9(14)5-2-6-10(11)15-12(7)8/h1-6H. The molecule has 0 saturated carbocycles. The van der Waals surface area contributed by atoms with Crippen LogP contribution in [-0.4, -0.2) is 0 Å². The number of benzene rings is 2. The maximum absolute atomic E-state index is 6.08. The Kier molecular flexibility index (Phi) is 2.14. The fourth-order valence-electron chi connectivity index (χ4n) is 1.77. The lowest BCUT2D eigenvalue weighted by Gasteiger charge is -1.92. The summed E-state index contributed by atoms with van der Waals surface area (Å²) >= 11 is 8.40. The number of furan rings is 1. The topological polar surface area (TPSA) is 13.1 Å². The van der Waals surface area contributed by atoms with Crippen LogP contribution >= 0.6 is 34.2 Å². The van der Waals surface area contributed by atoms with Crippen molar-refractivity contribution in [3.05, 3.63) is 45.0 Å². The highest BCUT2D eigenvalue weighted by atomic mass is 127. The van der Waals surface area contributed by atoms with Gasteiger partial charge in [-0.3, -0.25) is 0 Å². The van der Waals surface area contributed by atoms with Crippen molar-refractivity contribution in [3.8, 4) is 0 Å². The van der Waals surface area contributed by atoms with Crippen LogP contribution in [0.4, 0.5) is 0 Å². The maximum Gasteiger partial charge on any atom is 0.154 e. The summed E-state index contributed by atoms with van der Waals surface area (Å²) in [6.07, 6.45) is 0. The highest BCUT2D eigenvalue weighted by Gasteiger charge is 2.10. The molecule has 74 valence electrons. The van der Waals surface area contributed by atoms with Crippen molar-refractivity contribution in [2.75, 3.05) is 0 Å². The molecule has 0 atom stereocenters. The van der Waals surface area contributed by atoms with Crippen LogP contribution in [0.15, 0.2) is 40.8 Å². The van der Waals surface area contributed by atoms with Gasteiger partial charge in [-0.15, -0.1) is 0 Å². The molecule has 15 heavy (non-hydrogen) atoms. The Bertz CT molecular complexity index is 657. The summed E-state index contributed by atoms with van der Waals surface area (Å²) in [5, 5.41) is 2.90. The van der Waals surface area contributed by atoms with Gasteiger partial charge in [-0.05, 0) is 40.8 Å². The van der Waals surface area contributed by atoms with E-state index < -0.39 is 0 Å². The van der Waals surface area contributed by atoms with E-state index in [1.54, 1.807) is 0 Å². The predicted molar refractivity (Wildman–Crippen MR) is 71.4 cm³/mol. The number of para-hydroxylation sites is 1. The molecule has 1 heterocycles. The average Bonchev–Trinajstić information content (AvgIpc) is 2.59. The van der Waals surface area contributed by atoms with Gasteiger partial charge in [0.15, 0.2) is 5.58 Å². The second-order valence-electron chi connectivity index (χ2n) is 3.33. The van der Waals surface area contributed by atoms with Crippen LogP contribution in [0.25, 0.3) is 21.9 Å². The van der Waals surface area contributed by atoms with Gasteiger partial charge >= 0.3 is 0 Å². The zero-order valence-corrected chi connectivity index (χ0v) is 10.5. The normalized spacial score (nSPS) is 11.3. The molecule has 0 aliphatic heterocycles. The van der Waals surface area contributed by atoms with Gasteiger partial charge in [0.1, 0.15) is 5.58 Å². The Morgan fingerprint density at radius 3 is 2.73 bits per heavy atom. The molecule has 3 aromatic rings. The van der Waals surface area contributed by atoms with E-state index in [0.29, 0.717) is 5.02 Å². The Balaban J connectivity index is 2.65. The fourth-order valence-corrected chi connectivity index (χ4v) is 2.75. The number of hydrogen-bond donors (Lipinski definition) is 0. The molecule has 0 unspecified atom stereocenters. The number of halogens is 2. The van der Waals surface area contributed by atoms with Crippen molar-refractivity contribution in [2.45, 2.75) is 0 Å². The molecule has 0 amide bonds. The smallest absolute Gasteiger partial charge is 0.154 e. The third kappa shape index (κ3) is 1.35. The first-order valence-electron chi connectivity index (χ1n) is 4.52. The summed E-state index contributed by atoms with van der Waals surface area (Å²) < 4.78 is 6.91. The second kappa shape index (κ2) is 3.39. The number of hydrogen-bond acceptors (Lipinski definition) is 1. The molecule has 1 nitrogen and oxygen atoms in total. The van der Waals surface area contributed by atoms with E-state index in [1.807, 2.05) is 30.3 Å². The molecular weight excluding hydrogens is 322 g/mol. The zero-order chi connectivity index (χ0) is 10.4. The monoisotopic (exact) mass is 328 g/mol. The predicted octanol–water partition coefficient (Wildman–Crippen LogP) is 4.84. The van der Waals surface area contributed by atoms with E-state index in [0.717, 1.165) is 21.9 Å². The van der Waals surface area contributed by atoms with Crippen molar-refractivity contribution < 1.29 is 4.42 Å². The van der Waals surface area contributed by atoms with E-state index in [9.17, 15) is 0 Å². The van der Waals surface area contributed by atoms with Gasteiger partial charge in [-0.1, -0.05) is 29.8 Å². The summed E-state index contributed by atoms with van der Waals surface area (Å²) in [4.78, 5) is 0. The highest BCUT2D eigenvalue weighted by molar-refractivity contribution is 14.1. The molecular formula is C12H6ClIO. The quantitative estimate of drug-likeness (QED) is 0.538. The lowest BCUT2D eigenvalue weighted by Crippen LogP contribution is -1.72. The minimum Gasteiger partial charge on any atom is -0.454 e. The Labute approximate surface area is 105 Å². The maximum atomic E-state index is 6.08. The van der Waals surface area contributed by atoms with Crippen LogP contribution in [0.5, 0.6) is 0 Å². The Morgan fingerprint density at radius 2 is 1.87 bits per heavy atom. The van der Waals surface area contributed by atoms with Crippen molar-refractivity contribution in [3.63, 3.8) is 0 Å². The van der Waals surface area contributed by atoms with Gasteiger partial charge in [0, 0.05) is 14.3 Å². The van der Waals surface area contributed by atoms with Crippen molar-refractivity contribution in [2.24, 2.45) is 0 Å². The summed E-state index contributed by atoms with van der Waals surface area (Å²) in [5.41, 5.74) is 1.67. The van der Waals surface area contributed by atoms with Gasteiger partial charge < -0.3 is 4.42 Å². The SMILES string of the molecule is Clc1cccc2c1oc1cccc(I)c12. The van der Waals surface area contributed by atoms with Gasteiger partial charge in [0.05, 0.1) is 5.02 Å². The molecule has 0 fully saturated rings. The minimum absolute atomic E-state index is 0.666. The minimum atomic E-state index is 0.666. The second-order valence-corrected chi connectivity index (χ2v) is 4.90. The molecule has 0 saturated heterocycles. The van der Waals surface area contributed by atoms with Crippen LogP contribution in [-0.2, 0) is 0 Å². The number of rotatable bonds is 0. The fraction of sp³-hybridized carbons (Fsp3) is 0. The molecule has 0 aliphatic carbocycles. The molecule has 0 N–H and O–H groups in total. The third-order valence-corrected chi connectivity index (χ3v) is 3.62. The van der Waals surface area contributed by atoms with Crippen LogP contribution in [0.2, 0.25) is 5.02 Å². The van der Waals surface area contributed by atoms with Gasteiger partial charge in [-0.2, -0.15) is 0 Å². The van der Waals surface area contributed by atoms with E-state index >= 15 is 0 Å². The summed E-state index contributed by atoms with van der Waals surface area (Å²) in [6.45, 7) is 0. The lowest BCUT2D eigenvalue weighted by molar-refractivity contribution is 0.669. The molecule has 3 heteroatoms. The molecule has 3 rings (SSSR count). The van der Waals surface area contributed by atoms with Crippen LogP contribution in [0.3, 0.4) is 0 Å². The largest absolute Gasteiger partial charge is 0.454 e. The molecule has 2 aromatic carbocycles. The van der Waals surface area contributed by atoms with Crippen molar-refractivity contribution in [1.82, 2.24) is 0 Å². The van der Waals surface area contributed by atoms with E-state index in [1.165, 1.54) is 3.57 Å². The van der Waals surface area contributed by atoms with Crippen LogP contribution in [0.1, 0.15) is 0 Å². The highest BCUT2D eigenvalue weighted by Crippen LogP contribution is 2.35. The lowest BCUT2D eigenvalue weighted by atomic mass is 10.1. The summed E-state index contributed by atoms with van der Waals surface area (Å²) in [6, 6.07) is 11.9. The summed E-state index contributed by atoms with van der Waals surface area (Å²) in [7, 11) is 0. The van der Waals surface area contributed by atoms with Crippen molar-refractivity contribution >= 4 is 56.1 Å². The third-order valence-electron chi connectivity index (χ3n) is 2.42. The van der Waals surface area contributed by atoms with E-state index in [-0.39, 0.29) is 0 Å². The zero-order valence-electron chi connectivity index (χ0n) is 7.63. The molecule has 0 spiro atoms.